The number of nitrogens with one attached hydrogen (secondary N) is 1. The predicted octanol–water partition coefficient (Wildman–Crippen LogP) is 1.71. The summed E-state index contributed by atoms with van der Waals surface area (Å²) in [6.45, 7) is 4.31. The van der Waals surface area contributed by atoms with Crippen molar-refractivity contribution in [2.75, 3.05) is 18.0 Å². The molecule has 3 aromatic rings. The van der Waals surface area contributed by atoms with Gasteiger partial charge in [0.1, 0.15) is 5.56 Å². The highest BCUT2D eigenvalue weighted by molar-refractivity contribution is 7.20. The molecule has 4 heterocycles. The Balaban J connectivity index is 1.56. The minimum atomic E-state index is -0.478. The number of nitrogens with zero attached hydrogens (tertiary/aromatic N) is 5. The second kappa shape index (κ2) is 7.43. The van der Waals surface area contributed by atoms with E-state index in [1.165, 1.54) is 28.5 Å². The largest absolute Gasteiger partial charge is 0.346 e. The van der Waals surface area contributed by atoms with Gasteiger partial charge < -0.3 is 10.2 Å². The SMILES string of the molecule is C[C@H]1CCCN(c2nn3c(=O)c(C(=O)NCc4ccccn4)cnc3s2)C1. The Morgan fingerprint density at radius 3 is 3.04 bits per heavy atom. The fourth-order valence-electron chi connectivity index (χ4n) is 3.19. The van der Waals surface area contributed by atoms with Crippen LogP contribution < -0.4 is 15.8 Å². The second-order valence-electron chi connectivity index (χ2n) is 6.75. The average Bonchev–Trinajstić information content (AvgIpc) is 3.13. The van der Waals surface area contributed by atoms with E-state index in [0.29, 0.717) is 10.9 Å². The summed E-state index contributed by atoms with van der Waals surface area (Å²) in [6.07, 6.45) is 5.30. The molecule has 4 rings (SSSR count). The molecular weight excluding hydrogens is 364 g/mol. The van der Waals surface area contributed by atoms with E-state index in [2.05, 4.69) is 32.2 Å². The maximum absolute atomic E-state index is 12.7. The Bertz CT molecular complexity index is 1020. The van der Waals surface area contributed by atoms with Gasteiger partial charge in [-0.05, 0) is 30.9 Å². The summed E-state index contributed by atoms with van der Waals surface area (Å²) in [6, 6.07) is 5.45. The molecule has 0 aliphatic carbocycles. The van der Waals surface area contributed by atoms with Crippen LogP contribution >= 0.6 is 11.3 Å². The number of piperidine rings is 1. The molecule has 9 heteroatoms. The van der Waals surface area contributed by atoms with E-state index in [1.807, 2.05) is 6.07 Å². The summed E-state index contributed by atoms with van der Waals surface area (Å²) in [4.78, 5) is 36.2. The Morgan fingerprint density at radius 1 is 1.37 bits per heavy atom. The van der Waals surface area contributed by atoms with E-state index < -0.39 is 11.5 Å². The van der Waals surface area contributed by atoms with Gasteiger partial charge in [-0.25, -0.2) is 4.98 Å². The summed E-state index contributed by atoms with van der Waals surface area (Å²) >= 11 is 1.38. The highest BCUT2D eigenvalue weighted by Gasteiger charge is 2.22. The molecule has 0 unspecified atom stereocenters. The lowest BCUT2D eigenvalue weighted by molar-refractivity contribution is 0.0948. The molecule has 140 valence electrons. The van der Waals surface area contributed by atoms with E-state index >= 15 is 0 Å². The topological polar surface area (TPSA) is 92.5 Å². The first kappa shape index (κ1) is 17.6. The molecule has 0 spiro atoms. The van der Waals surface area contributed by atoms with Crippen molar-refractivity contribution in [3.05, 3.63) is 52.2 Å². The number of hydrogen-bond donors (Lipinski definition) is 1. The highest BCUT2D eigenvalue weighted by atomic mass is 32.1. The van der Waals surface area contributed by atoms with Crippen LogP contribution in [0.2, 0.25) is 0 Å². The smallest absolute Gasteiger partial charge is 0.288 e. The van der Waals surface area contributed by atoms with Crippen molar-refractivity contribution >= 4 is 27.3 Å². The lowest BCUT2D eigenvalue weighted by Crippen LogP contribution is -2.34. The van der Waals surface area contributed by atoms with Crippen LogP contribution in [0.15, 0.2) is 35.4 Å². The molecule has 27 heavy (non-hydrogen) atoms. The molecule has 1 aliphatic rings. The van der Waals surface area contributed by atoms with Crippen LogP contribution in [-0.4, -0.2) is 38.6 Å². The lowest BCUT2D eigenvalue weighted by atomic mass is 10.0. The van der Waals surface area contributed by atoms with E-state index in [-0.39, 0.29) is 12.1 Å². The second-order valence-corrected chi connectivity index (χ2v) is 7.69. The van der Waals surface area contributed by atoms with Gasteiger partial charge in [0, 0.05) is 25.5 Å². The van der Waals surface area contributed by atoms with Crippen LogP contribution in [0.4, 0.5) is 5.13 Å². The third-order valence-corrected chi connectivity index (χ3v) is 5.59. The minimum Gasteiger partial charge on any atom is -0.346 e. The van der Waals surface area contributed by atoms with Crippen LogP contribution in [0.3, 0.4) is 0 Å². The summed E-state index contributed by atoms with van der Waals surface area (Å²) in [5, 5.41) is 7.91. The number of fused-ring (bicyclic) bond motifs is 1. The molecule has 1 amide bonds. The monoisotopic (exact) mass is 384 g/mol. The maximum Gasteiger partial charge on any atom is 0.288 e. The molecule has 1 atom stereocenters. The number of carbonyl (C=O) groups excluding carboxylic acids is 1. The normalized spacial score (nSPS) is 17.2. The zero-order chi connectivity index (χ0) is 18.8. The fourth-order valence-corrected chi connectivity index (χ4v) is 4.09. The number of amides is 1. The zero-order valence-corrected chi connectivity index (χ0v) is 15.8. The Kier molecular flexibility index (Phi) is 4.85. The van der Waals surface area contributed by atoms with Crippen molar-refractivity contribution in [3.63, 3.8) is 0 Å². The molecule has 0 bridgehead atoms. The predicted molar refractivity (Wildman–Crippen MR) is 103 cm³/mol. The van der Waals surface area contributed by atoms with Crippen LogP contribution in [-0.2, 0) is 6.54 Å². The fraction of sp³-hybridized carbons (Fsp3) is 0.389. The van der Waals surface area contributed by atoms with Crippen molar-refractivity contribution in [1.29, 1.82) is 0 Å². The molecule has 1 N–H and O–H groups in total. The minimum absolute atomic E-state index is 0.0210. The number of aromatic nitrogens is 4. The van der Waals surface area contributed by atoms with Crippen LogP contribution in [0, 0.1) is 5.92 Å². The quantitative estimate of drug-likeness (QED) is 0.736. The first-order chi connectivity index (χ1) is 13.1. The molecule has 1 fully saturated rings. The van der Waals surface area contributed by atoms with Gasteiger partial charge in [0.05, 0.1) is 12.2 Å². The number of pyridine rings is 1. The summed E-state index contributed by atoms with van der Waals surface area (Å²) in [5.74, 6) is 0.122. The number of carbonyl (C=O) groups is 1. The van der Waals surface area contributed by atoms with Gasteiger partial charge in [-0.3, -0.25) is 14.6 Å². The number of hydrogen-bond acceptors (Lipinski definition) is 7. The number of anilines is 1. The van der Waals surface area contributed by atoms with Gasteiger partial charge in [0.25, 0.3) is 11.5 Å². The molecule has 8 nitrogen and oxygen atoms in total. The Morgan fingerprint density at radius 2 is 2.26 bits per heavy atom. The van der Waals surface area contributed by atoms with Crippen molar-refractivity contribution in [1.82, 2.24) is 24.9 Å². The molecule has 3 aromatic heterocycles. The van der Waals surface area contributed by atoms with E-state index in [9.17, 15) is 9.59 Å². The molecule has 1 aliphatic heterocycles. The van der Waals surface area contributed by atoms with Crippen molar-refractivity contribution < 1.29 is 4.79 Å². The molecule has 0 radical (unpaired) electrons. The standard InChI is InChI=1S/C18H20N6O2S/c1-12-5-4-8-23(11-12)18-22-24-16(26)14(10-21-17(24)27-18)15(25)20-9-13-6-2-3-7-19-13/h2-3,6-7,10,12H,4-5,8-9,11H2,1H3,(H,20,25)/t12-/m0/s1. The first-order valence-electron chi connectivity index (χ1n) is 8.94. The molecule has 1 saturated heterocycles. The number of rotatable bonds is 4. The van der Waals surface area contributed by atoms with E-state index in [1.54, 1.807) is 18.3 Å². The van der Waals surface area contributed by atoms with Gasteiger partial charge in [-0.15, -0.1) is 5.10 Å². The molecule has 0 aromatic carbocycles. The van der Waals surface area contributed by atoms with Crippen molar-refractivity contribution in [2.24, 2.45) is 5.92 Å². The summed E-state index contributed by atoms with van der Waals surface area (Å²) in [5.41, 5.74) is 0.244. The van der Waals surface area contributed by atoms with Crippen LogP contribution in [0.5, 0.6) is 0 Å². The van der Waals surface area contributed by atoms with Gasteiger partial charge in [-0.1, -0.05) is 24.3 Å². The van der Waals surface area contributed by atoms with Crippen LogP contribution in [0.1, 0.15) is 35.8 Å². The van der Waals surface area contributed by atoms with E-state index in [4.69, 9.17) is 0 Å². The Labute approximate surface area is 159 Å². The molecule has 0 saturated carbocycles. The third-order valence-electron chi connectivity index (χ3n) is 4.60. The van der Waals surface area contributed by atoms with Gasteiger partial charge >= 0.3 is 0 Å². The van der Waals surface area contributed by atoms with E-state index in [0.717, 1.165) is 30.3 Å². The lowest BCUT2D eigenvalue weighted by Gasteiger charge is -2.30. The Hall–Kier alpha value is -2.81. The van der Waals surface area contributed by atoms with Gasteiger partial charge in [0.15, 0.2) is 0 Å². The zero-order valence-electron chi connectivity index (χ0n) is 15.0. The summed E-state index contributed by atoms with van der Waals surface area (Å²) in [7, 11) is 0. The van der Waals surface area contributed by atoms with Crippen LogP contribution in [0.25, 0.3) is 4.96 Å². The maximum atomic E-state index is 12.7. The summed E-state index contributed by atoms with van der Waals surface area (Å²) < 4.78 is 1.23. The van der Waals surface area contributed by atoms with Gasteiger partial charge in [0.2, 0.25) is 10.1 Å². The first-order valence-corrected chi connectivity index (χ1v) is 9.75. The van der Waals surface area contributed by atoms with Crippen molar-refractivity contribution in [2.45, 2.75) is 26.3 Å². The van der Waals surface area contributed by atoms with Crippen molar-refractivity contribution in [3.8, 4) is 0 Å². The third kappa shape index (κ3) is 3.68. The molecular formula is C18H20N6O2S. The van der Waals surface area contributed by atoms with Gasteiger partial charge in [-0.2, -0.15) is 4.52 Å². The average molecular weight is 384 g/mol. The highest BCUT2D eigenvalue weighted by Crippen LogP contribution is 2.26.